The van der Waals surface area contributed by atoms with Gasteiger partial charge in [-0.1, -0.05) is 25.1 Å². The second kappa shape index (κ2) is 8.22. The highest BCUT2D eigenvalue weighted by Gasteiger charge is 2.25. The van der Waals surface area contributed by atoms with Gasteiger partial charge in [-0.2, -0.15) is 0 Å². The van der Waals surface area contributed by atoms with E-state index in [4.69, 9.17) is 0 Å². The van der Waals surface area contributed by atoms with E-state index in [1.54, 1.807) is 18.7 Å². The van der Waals surface area contributed by atoms with Crippen LogP contribution in [0.4, 0.5) is 0 Å². The Balaban J connectivity index is 1.70. The van der Waals surface area contributed by atoms with E-state index in [1.165, 1.54) is 4.90 Å². The van der Waals surface area contributed by atoms with Gasteiger partial charge in [0.2, 0.25) is 11.8 Å². The maximum atomic E-state index is 12.2. The van der Waals surface area contributed by atoms with Crippen LogP contribution in [-0.4, -0.2) is 41.6 Å². The summed E-state index contributed by atoms with van der Waals surface area (Å²) in [6.45, 7) is 5.77. The molecular weight excluding hydrogens is 296 g/mol. The molecule has 0 radical (unpaired) electrons. The Labute approximate surface area is 136 Å². The van der Waals surface area contributed by atoms with Crippen LogP contribution in [0.1, 0.15) is 26.7 Å². The fraction of sp³-hybridized carbons (Fsp3) is 0.529. The summed E-state index contributed by atoms with van der Waals surface area (Å²) in [6.07, 6.45) is 1.54. The van der Waals surface area contributed by atoms with Crippen molar-refractivity contribution in [2.45, 2.75) is 36.8 Å². The molecule has 120 valence electrons. The molecule has 4 nitrogen and oxygen atoms in total. The van der Waals surface area contributed by atoms with Gasteiger partial charge in [0.1, 0.15) is 0 Å². The van der Waals surface area contributed by atoms with Gasteiger partial charge in [-0.25, -0.2) is 0 Å². The second-order valence-electron chi connectivity index (χ2n) is 5.77. The van der Waals surface area contributed by atoms with Gasteiger partial charge >= 0.3 is 0 Å². The lowest BCUT2D eigenvalue weighted by Crippen LogP contribution is -2.43. The van der Waals surface area contributed by atoms with E-state index in [0.29, 0.717) is 24.9 Å². The van der Waals surface area contributed by atoms with Crippen molar-refractivity contribution in [1.29, 1.82) is 0 Å². The highest BCUT2D eigenvalue weighted by atomic mass is 32.2. The molecular formula is C17H24N2O2S. The fourth-order valence-electron chi connectivity index (χ4n) is 2.62. The molecule has 1 fully saturated rings. The Morgan fingerprint density at radius 1 is 1.27 bits per heavy atom. The van der Waals surface area contributed by atoms with Gasteiger partial charge in [0.05, 0.1) is 0 Å². The van der Waals surface area contributed by atoms with Crippen LogP contribution >= 0.6 is 11.8 Å². The van der Waals surface area contributed by atoms with Gasteiger partial charge in [0.25, 0.3) is 0 Å². The molecule has 0 spiro atoms. The minimum atomic E-state index is 0.0459. The number of rotatable bonds is 5. The fourth-order valence-corrected chi connectivity index (χ4v) is 3.56. The van der Waals surface area contributed by atoms with Crippen molar-refractivity contribution in [1.82, 2.24) is 10.2 Å². The summed E-state index contributed by atoms with van der Waals surface area (Å²) in [6, 6.07) is 10.2. The Morgan fingerprint density at radius 2 is 1.91 bits per heavy atom. The van der Waals surface area contributed by atoms with E-state index in [1.807, 2.05) is 23.1 Å². The molecule has 2 amide bonds. The minimum absolute atomic E-state index is 0.0459. The molecule has 22 heavy (non-hydrogen) atoms. The predicted octanol–water partition coefficient (Wildman–Crippen LogP) is 2.54. The number of hydrogen-bond donors (Lipinski definition) is 1. The smallest absolute Gasteiger partial charge is 0.223 e. The van der Waals surface area contributed by atoms with E-state index < -0.39 is 0 Å². The van der Waals surface area contributed by atoms with Gasteiger partial charge in [0.15, 0.2) is 0 Å². The number of likely N-dealkylation sites (tertiary alicyclic amines) is 1. The average molecular weight is 320 g/mol. The van der Waals surface area contributed by atoms with Crippen LogP contribution < -0.4 is 5.32 Å². The molecule has 0 bridgehead atoms. The van der Waals surface area contributed by atoms with E-state index in [9.17, 15) is 9.59 Å². The van der Waals surface area contributed by atoms with Crippen molar-refractivity contribution >= 4 is 23.6 Å². The van der Waals surface area contributed by atoms with Crippen LogP contribution in [0.3, 0.4) is 0 Å². The van der Waals surface area contributed by atoms with Gasteiger partial charge in [-0.05, 0) is 25.0 Å². The quantitative estimate of drug-likeness (QED) is 0.848. The Hall–Kier alpha value is -1.49. The zero-order valence-electron chi connectivity index (χ0n) is 13.2. The maximum Gasteiger partial charge on any atom is 0.223 e. The van der Waals surface area contributed by atoms with Crippen molar-refractivity contribution in [3.63, 3.8) is 0 Å². The van der Waals surface area contributed by atoms with Gasteiger partial charge in [0, 0.05) is 42.6 Å². The van der Waals surface area contributed by atoms with Gasteiger partial charge in [-0.15, -0.1) is 11.8 Å². The number of nitrogens with one attached hydrogen (secondary N) is 1. The minimum Gasteiger partial charge on any atom is -0.355 e. The van der Waals surface area contributed by atoms with E-state index >= 15 is 0 Å². The van der Waals surface area contributed by atoms with Crippen molar-refractivity contribution in [2.24, 2.45) is 5.92 Å². The lowest BCUT2D eigenvalue weighted by atomic mass is 9.96. The van der Waals surface area contributed by atoms with Crippen molar-refractivity contribution in [3.8, 4) is 0 Å². The zero-order chi connectivity index (χ0) is 15.9. The number of amides is 2. The number of piperidine rings is 1. The number of nitrogens with zero attached hydrogens (tertiary/aromatic N) is 1. The first-order valence-electron chi connectivity index (χ1n) is 7.81. The molecule has 5 heteroatoms. The van der Waals surface area contributed by atoms with Crippen molar-refractivity contribution < 1.29 is 9.59 Å². The molecule has 2 rings (SSSR count). The summed E-state index contributed by atoms with van der Waals surface area (Å²) < 4.78 is 0. The molecule has 1 aliphatic heterocycles. The molecule has 1 atom stereocenters. The van der Waals surface area contributed by atoms with E-state index in [-0.39, 0.29) is 17.7 Å². The lowest BCUT2D eigenvalue weighted by Gasteiger charge is -2.30. The monoisotopic (exact) mass is 320 g/mol. The van der Waals surface area contributed by atoms with Crippen molar-refractivity contribution in [2.75, 3.05) is 19.6 Å². The normalized spacial score (nSPS) is 17.1. The third-order valence-electron chi connectivity index (χ3n) is 3.96. The second-order valence-corrected chi connectivity index (χ2v) is 7.28. The van der Waals surface area contributed by atoms with Crippen molar-refractivity contribution in [3.05, 3.63) is 30.3 Å². The molecule has 0 aromatic heterocycles. The lowest BCUT2D eigenvalue weighted by molar-refractivity contribution is -0.133. The highest BCUT2D eigenvalue weighted by Crippen LogP contribution is 2.22. The van der Waals surface area contributed by atoms with E-state index in [2.05, 4.69) is 24.4 Å². The zero-order valence-corrected chi connectivity index (χ0v) is 14.1. The predicted molar refractivity (Wildman–Crippen MR) is 89.7 cm³/mol. The molecule has 1 heterocycles. The van der Waals surface area contributed by atoms with Crippen LogP contribution in [0.15, 0.2) is 35.2 Å². The molecule has 0 unspecified atom stereocenters. The summed E-state index contributed by atoms with van der Waals surface area (Å²) in [5.74, 6) is 0.278. The van der Waals surface area contributed by atoms with Gasteiger partial charge < -0.3 is 10.2 Å². The first-order chi connectivity index (χ1) is 10.6. The Bertz CT molecular complexity index is 499. The number of carbonyl (C=O) groups excluding carboxylic acids is 2. The first-order valence-corrected chi connectivity index (χ1v) is 8.69. The number of thioether (sulfide) groups is 1. The van der Waals surface area contributed by atoms with Crippen LogP contribution in [0.25, 0.3) is 0 Å². The molecule has 1 N–H and O–H groups in total. The molecule has 0 saturated carbocycles. The molecule has 1 aromatic rings. The molecule has 1 aromatic carbocycles. The summed E-state index contributed by atoms with van der Waals surface area (Å²) in [5, 5.41) is 3.39. The van der Waals surface area contributed by atoms with Crippen LogP contribution in [0.2, 0.25) is 0 Å². The summed E-state index contributed by atoms with van der Waals surface area (Å²) in [7, 11) is 0. The third kappa shape index (κ3) is 5.05. The number of benzene rings is 1. The van der Waals surface area contributed by atoms with Crippen LogP contribution in [0.5, 0.6) is 0 Å². The molecule has 1 aliphatic rings. The topological polar surface area (TPSA) is 49.4 Å². The van der Waals surface area contributed by atoms with E-state index in [0.717, 1.165) is 12.8 Å². The highest BCUT2D eigenvalue weighted by molar-refractivity contribution is 8.00. The summed E-state index contributed by atoms with van der Waals surface area (Å²) in [4.78, 5) is 26.5. The van der Waals surface area contributed by atoms with Gasteiger partial charge in [-0.3, -0.25) is 9.59 Å². The Kier molecular flexibility index (Phi) is 6.31. The first kappa shape index (κ1) is 16.9. The van der Waals surface area contributed by atoms with Crippen LogP contribution in [-0.2, 0) is 9.59 Å². The standard InChI is InChI=1S/C17H24N2O2S/c1-13(22-16-6-4-3-5-7-16)12-18-17(21)15-8-10-19(11-9-15)14(2)20/h3-7,13,15H,8-12H2,1-2H3,(H,18,21)/t13-/m1/s1. The molecule has 1 saturated heterocycles. The number of carbonyl (C=O) groups is 2. The summed E-state index contributed by atoms with van der Waals surface area (Å²) >= 11 is 1.77. The largest absolute Gasteiger partial charge is 0.355 e. The average Bonchev–Trinajstić information content (AvgIpc) is 2.53. The Morgan fingerprint density at radius 3 is 2.50 bits per heavy atom. The summed E-state index contributed by atoms with van der Waals surface area (Å²) in [5.41, 5.74) is 0. The maximum absolute atomic E-state index is 12.2. The molecule has 0 aliphatic carbocycles. The third-order valence-corrected chi connectivity index (χ3v) is 5.07. The van der Waals surface area contributed by atoms with Crippen LogP contribution in [0, 0.1) is 5.92 Å². The SMILES string of the molecule is CC(=O)N1CCC(C(=O)NC[C@@H](C)Sc2ccccc2)CC1. The number of hydrogen-bond acceptors (Lipinski definition) is 3.